The molecule has 5 heteroatoms. The minimum absolute atomic E-state index is 0. The van der Waals surface area contributed by atoms with E-state index in [0.717, 1.165) is 75.5 Å². The molecule has 3 rings (SSSR count). The first kappa shape index (κ1) is 24.2. The van der Waals surface area contributed by atoms with Gasteiger partial charge in [0.05, 0.1) is 13.0 Å². The molecule has 0 aliphatic carbocycles. The molecule has 2 aromatic carbocycles. The Hall–Kier alpha value is -2.04. The highest BCUT2D eigenvalue weighted by atomic mass is 35.5. The summed E-state index contributed by atoms with van der Waals surface area (Å²) >= 11 is 0. The molecule has 2 aromatic rings. The fraction of sp³-hybridized carbons (Fsp3) is 0.480. The maximum absolute atomic E-state index is 12.7. The summed E-state index contributed by atoms with van der Waals surface area (Å²) in [6.07, 6.45) is 3.74. The lowest BCUT2D eigenvalue weighted by Gasteiger charge is -2.35. The van der Waals surface area contributed by atoms with Crippen LogP contribution >= 0.6 is 12.4 Å². The van der Waals surface area contributed by atoms with Crippen molar-refractivity contribution in [2.75, 3.05) is 39.3 Å². The number of ether oxygens (including phenoxy) is 1. The average Bonchev–Trinajstić information content (AvgIpc) is 2.75. The number of aryl methyl sites for hydroxylation is 1. The quantitative estimate of drug-likeness (QED) is 0.548. The minimum Gasteiger partial charge on any atom is -0.493 e. The average molecular weight is 431 g/mol. The predicted molar refractivity (Wildman–Crippen MR) is 126 cm³/mol. The van der Waals surface area contributed by atoms with Crippen molar-refractivity contribution >= 4 is 18.3 Å². The Kier molecular flexibility index (Phi) is 10.2. The number of nitrogens with zero attached hydrogens (tertiary/aromatic N) is 2. The van der Waals surface area contributed by atoms with Crippen molar-refractivity contribution in [3.63, 3.8) is 0 Å². The van der Waals surface area contributed by atoms with E-state index in [1.54, 1.807) is 0 Å². The minimum atomic E-state index is 0. The van der Waals surface area contributed by atoms with Crippen LogP contribution in [0.4, 0.5) is 0 Å². The summed E-state index contributed by atoms with van der Waals surface area (Å²) in [4.78, 5) is 17.2. The van der Waals surface area contributed by atoms with Crippen molar-refractivity contribution in [3.05, 3.63) is 65.2 Å². The number of benzene rings is 2. The molecule has 1 heterocycles. The first-order valence-corrected chi connectivity index (χ1v) is 10.9. The molecule has 1 amide bonds. The van der Waals surface area contributed by atoms with Crippen molar-refractivity contribution < 1.29 is 9.53 Å². The Labute approximate surface area is 187 Å². The number of carbonyl (C=O) groups is 1. The van der Waals surface area contributed by atoms with Gasteiger partial charge in [0.1, 0.15) is 5.75 Å². The molecule has 0 unspecified atom stereocenters. The highest BCUT2D eigenvalue weighted by Crippen LogP contribution is 2.20. The van der Waals surface area contributed by atoms with Crippen LogP contribution < -0.4 is 4.74 Å². The molecule has 30 heavy (non-hydrogen) atoms. The highest BCUT2D eigenvalue weighted by molar-refractivity contribution is 5.85. The molecule has 0 radical (unpaired) electrons. The maximum Gasteiger partial charge on any atom is 0.227 e. The molecule has 0 bridgehead atoms. The standard InChI is InChI=1S/C25H34N2O2.ClH/c1-3-4-18-29-24-11-10-23(19-21(24)2)20-25(28)27-16-14-26(15-17-27)13-12-22-8-6-5-7-9-22;/h5-11,19H,3-4,12-18,20H2,1-2H3;1H. The number of amides is 1. The second kappa shape index (κ2) is 12.6. The van der Waals surface area contributed by atoms with Gasteiger partial charge < -0.3 is 9.64 Å². The Morgan fingerprint density at radius 1 is 1.00 bits per heavy atom. The van der Waals surface area contributed by atoms with Gasteiger partial charge in [0.2, 0.25) is 5.91 Å². The lowest BCUT2D eigenvalue weighted by molar-refractivity contribution is -0.132. The third kappa shape index (κ3) is 7.33. The second-order valence-corrected chi connectivity index (χ2v) is 7.94. The van der Waals surface area contributed by atoms with E-state index in [1.165, 1.54) is 5.56 Å². The van der Waals surface area contributed by atoms with Crippen molar-refractivity contribution in [3.8, 4) is 5.75 Å². The van der Waals surface area contributed by atoms with E-state index in [2.05, 4.69) is 55.1 Å². The van der Waals surface area contributed by atoms with Gasteiger partial charge in [0, 0.05) is 32.7 Å². The van der Waals surface area contributed by atoms with Crippen LogP contribution in [0.3, 0.4) is 0 Å². The Balaban J connectivity index is 0.00000320. The van der Waals surface area contributed by atoms with Gasteiger partial charge in [-0.15, -0.1) is 12.4 Å². The molecule has 1 saturated heterocycles. The van der Waals surface area contributed by atoms with Gasteiger partial charge in [-0.1, -0.05) is 55.8 Å². The third-order valence-electron chi connectivity index (χ3n) is 5.63. The molecule has 0 N–H and O–H groups in total. The van der Waals surface area contributed by atoms with E-state index < -0.39 is 0 Å². The Bertz CT molecular complexity index is 774. The summed E-state index contributed by atoms with van der Waals surface area (Å²) in [6.45, 7) is 9.60. The SMILES string of the molecule is CCCCOc1ccc(CC(=O)N2CCN(CCc3ccccc3)CC2)cc1C.Cl. The maximum atomic E-state index is 12.7. The van der Waals surface area contributed by atoms with E-state index in [9.17, 15) is 4.79 Å². The van der Waals surface area contributed by atoms with Gasteiger partial charge in [-0.05, 0) is 42.5 Å². The third-order valence-corrected chi connectivity index (χ3v) is 5.63. The monoisotopic (exact) mass is 430 g/mol. The van der Waals surface area contributed by atoms with Crippen LogP contribution in [0.2, 0.25) is 0 Å². The molecular formula is C25H35ClN2O2. The van der Waals surface area contributed by atoms with Crippen LogP contribution in [-0.4, -0.2) is 55.0 Å². The Morgan fingerprint density at radius 2 is 1.73 bits per heavy atom. The molecule has 1 aliphatic heterocycles. The van der Waals surface area contributed by atoms with Crippen molar-refractivity contribution in [2.24, 2.45) is 0 Å². The van der Waals surface area contributed by atoms with Crippen LogP contribution in [0.25, 0.3) is 0 Å². The Morgan fingerprint density at radius 3 is 2.40 bits per heavy atom. The van der Waals surface area contributed by atoms with Crippen LogP contribution in [0, 0.1) is 6.92 Å². The molecule has 0 aromatic heterocycles. The van der Waals surface area contributed by atoms with Gasteiger partial charge in [0.15, 0.2) is 0 Å². The lowest BCUT2D eigenvalue weighted by Crippen LogP contribution is -2.49. The molecule has 0 saturated carbocycles. The normalized spacial score (nSPS) is 14.3. The fourth-order valence-electron chi connectivity index (χ4n) is 3.75. The molecular weight excluding hydrogens is 396 g/mol. The van der Waals surface area contributed by atoms with Crippen LogP contribution in [0.1, 0.15) is 36.5 Å². The van der Waals surface area contributed by atoms with Gasteiger partial charge in [-0.2, -0.15) is 0 Å². The summed E-state index contributed by atoms with van der Waals surface area (Å²) in [7, 11) is 0. The van der Waals surface area contributed by atoms with Crippen molar-refractivity contribution in [2.45, 2.75) is 39.5 Å². The van der Waals surface area contributed by atoms with E-state index >= 15 is 0 Å². The zero-order valence-corrected chi connectivity index (χ0v) is 19.1. The molecule has 1 fully saturated rings. The van der Waals surface area contributed by atoms with Crippen LogP contribution in [0.5, 0.6) is 5.75 Å². The molecule has 1 aliphatic rings. The summed E-state index contributed by atoms with van der Waals surface area (Å²) in [5.74, 6) is 1.16. The first-order chi connectivity index (χ1) is 14.2. The lowest BCUT2D eigenvalue weighted by atomic mass is 10.1. The number of rotatable bonds is 9. The van der Waals surface area contributed by atoms with Gasteiger partial charge in [-0.25, -0.2) is 0 Å². The zero-order chi connectivity index (χ0) is 20.5. The number of unbranched alkanes of at least 4 members (excludes halogenated alkanes) is 1. The second-order valence-electron chi connectivity index (χ2n) is 7.94. The van der Waals surface area contributed by atoms with Crippen LogP contribution in [-0.2, 0) is 17.6 Å². The largest absolute Gasteiger partial charge is 0.493 e. The predicted octanol–water partition coefficient (Wildman–Crippen LogP) is 4.53. The van der Waals surface area contributed by atoms with E-state index in [0.29, 0.717) is 6.42 Å². The topological polar surface area (TPSA) is 32.8 Å². The van der Waals surface area contributed by atoms with Gasteiger partial charge in [0.25, 0.3) is 0 Å². The highest BCUT2D eigenvalue weighted by Gasteiger charge is 2.21. The summed E-state index contributed by atoms with van der Waals surface area (Å²) in [5, 5.41) is 0. The van der Waals surface area contributed by atoms with Crippen LogP contribution in [0.15, 0.2) is 48.5 Å². The number of hydrogen-bond donors (Lipinski definition) is 0. The van der Waals surface area contributed by atoms with E-state index in [4.69, 9.17) is 4.74 Å². The van der Waals surface area contributed by atoms with Crippen molar-refractivity contribution in [1.29, 1.82) is 0 Å². The zero-order valence-electron chi connectivity index (χ0n) is 18.3. The smallest absolute Gasteiger partial charge is 0.227 e. The first-order valence-electron chi connectivity index (χ1n) is 10.9. The fourth-order valence-corrected chi connectivity index (χ4v) is 3.75. The number of piperazine rings is 1. The summed E-state index contributed by atoms with van der Waals surface area (Å²) in [6, 6.07) is 16.7. The van der Waals surface area contributed by atoms with Crippen molar-refractivity contribution in [1.82, 2.24) is 9.80 Å². The molecule has 164 valence electrons. The van der Waals surface area contributed by atoms with Gasteiger partial charge >= 0.3 is 0 Å². The molecule has 4 nitrogen and oxygen atoms in total. The molecule has 0 atom stereocenters. The number of hydrogen-bond acceptors (Lipinski definition) is 3. The molecule has 0 spiro atoms. The van der Waals surface area contributed by atoms with E-state index in [1.807, 2.05) is 17.0 Å². The van der Waals surface area contributed by atoms with Gasteiger partial charge in [-0.3, -0.25) is 9.69 Å². The number of carbonyl (C=O) groups excluding carboxylic acids is 1. The van der Waals surface area contributed by atoms with E-state index in [-0.39, 0.29) is 18.3 Å². The summed E-state index contributed by atoms with van der Waals surface area (Å²) < 4.78 is 5.82. The number of halogens is 1. The summed E-state index contributed by atoms with van der Waals surface area (Å²) in [5.41, 5.74) is 3.56.